The van der Waals surface area contributed by atoms with E-state index in [2.05, 4.69) is 14.7 Å². The molecule has 1 atom stereocenters. The number of rotatable bonds is 4. The van der Waals surface area contributed by atoms with Crippen molar-refractivity contribution in [2.75, 3.05) is 13.6 Å². The molecule has 0 spiro atoms. The lowest BCUT2D eigenvalue weighted by atomic mass is 10.1. The van der Waals surface area contributed by atoms with Crippen LogP contribution in [0.4, 0.5) is 0 Å². The number of sulfonamides is 1. The van der Waals surface area contributed by atoms with Crippen molar-refractivity contribution in [3.05, 3.63) is 59.9 Å². The van der Waals surface area contributed by atoms with Gasteiger partial charge in [0.05, 0.1) is 22.0 Å². The molecule has 2 N–H and O–H groups in total. The summed E-state index contributed by atoms with van der Waals surface area (Å²) in [5.41, 5.74) is 2.30. The van der Waals surface area contributed by atoms with E-state index < -0.39 is 10.0 Å². The zero-order valence-corrected chi connectivity index (χ0v) is 15.7. The summed E-state index contributed by atoms with van der Waals surface area (Å²) in [4.78, 5) is 22.9. The van der Waals surface area contributed by atoms with Gasteiger partial charge in [0.1, 0.15) is 5.82 Å². The van der Waals surface area contributed by atoms with Gasteiger partial charge in [0.2, 0.25) is 10.0 Å². The van der Waals surface area contributed by atoms with Crippen LogP contribution < -0.4 is 4.72 Å². The first-order chi connectivity index (χ1) is 13.0. The Morgan fingerprint density at radius 1 is 1.19 bits per heavy atom. The van der Waals surface area contributed by atoms with Crippen LogP contribution in [-0.2, 0) is 10.0 Å². The summed E-state index contributed by atoms with van der Waals surface area (Å²) in [6.45, 7) is 0.650. The molecule has 0 bridgehead atoms. The lowest BCUT2D eigenvalue weighted by Crippen LogP contribution is -2.31. The number of carbonyl (C=O) groups excluding carboxylic acids is 1. The zero-order valence-electron chi connectivity index (χ0n) is 14.8. The van der Waals surface area contributed by atoms with Gasteiger partial charge in [-0.25, -0.2) is 18.1 Å². The van der Waals surface area contributed by atoms with E-state index in [4.69, 9.17) is 0 Å². The van der Waals surface area contributed by atoms with Gasteiger partial charge in [-0.3, -0.25) is 4.79 Å². The van der Waals surface area contributed by atoms with E-state index in [0.717, 1.165) is 29.7 Å². The first kappa shape index (κ1) is 17.7. The van der Waals surface area contributed by atoms with E-state index in [1.807, 2.05) is 24.3 Å². The highest BCUT2D eigenvalue weighted by Gasteiger charge is 2.32. The molecule has 1 unspecified atom stereocenters. The van der Waals surface area contributed by atoms with Crippen molar-refractivity contribution in [3.63, 3.8) is 0 Å². The fourth-order valence-electron chi connectivity index (χ4n) is 3.48. The Labute approximate surface area is 157 Å². The molecule has 2 aromatic carbocycles. The highest BCUT2D eigenvalue weighted by Crippen LogP contribution is 2.32. The average Bonchev–Trinajstić information content (AvgIpc) is 3.34. The number of hydrogen-bond donors (Lipinski definition) is 2. The van der Waals surface area contributed by atoms with E-state index in [0.29, 0.717) is 12.1 Å². The second kappa shape index (κ2) is 6.79. The lowest BCUT2D eigenvalue weighted by molar-refractivity contribution is 0.0730. The van der Waals surface area contributed by atoms with Crippen LogP contribution in [0.25, 0.3) is 11.0 Å². The molecule has 1 amide bonds. The van der Waals surface area contributed by atoms with E-state index in [-0.39, 0.29) is 16.8 Å². The average molecular weight is 384 g/mol. The van der Waals surface area contributed by atoms with Crippen molar-refractivity contribution < 1.29 is 13.2 Å². The van der Waals surface area contributed by atoms with Gasteiger partial charge in [-0.05, 0) is 56.3 Å². The maximum Gasteiger partial charge on any atom is 0.254 e. The Balaban J connectivity index is 1.60. The van der Waals surface area contributed by atoms with E-state index in [9.17, 15) is 13.2 Å². The number of aromatic nitrogens is 2. The predicted molar refractivity (Wildman–Crippen MR) is 102 cm³/mol. The standard InChI is InChI=1S/C19H20N4O3S/c1-20-27(25,26)14-10-8-13(9-11-14)19(24)23-12-4-7-17(23)18-21-15-5-2-3-6-16(15)22-18/h2-3,5-6,8-11,17,20H,4,7,12H2,1H3,(H,21,22). The fourth-order valence-corrected chi connectivity index (χ4v) is 4.21. The number of aromatic amines is 1. The fraction of sp³-hybridized carbons (Fsp3) is 0.263. The van der Waals surface area contributed by atoms with E-state index >= 15 is 0 Å². The van der Waals surface area contributed by atoms with E-state index in [1.165, 1.54) is 19.2 Å². The highest BCUT2D eigenvalue weighted by atomic mass is 32.2. The van der Waals surface area contributed by atoms with Gasteiger partial charge < -0.3 is 9.88 Å². The number of likely N-dealkylation sites (tertiary alicyclic amines) is 1. The molecule has 1 aromatic heterocycles. The van der Waals surface area contributed by atoms with Crippen LogP contribution in [0.5, 0.6) is 0 Å². The second-order valence-electron chi connectivity index (χ2n) is 6.53. The molecular weight excluding hydrogens is 364 g/mol. The third-order valence-corrected chi connectivity index (χ3v) is 6.35. The minimum Gasteiger partial charge on any atom is -0.340 e. The van der Waals surface area contributed by atoms with Gasteiger partial charge in [-0.1, -0.05) is 12.1 Å². The largest absolute Gasteiger partial charge is 0.340 e. The van der Waals surface area contributed by atoms with Gasteiger partial charge in [-0.2, -0.15) is 0 Å². The number of H-pyrrole nitrogens is 1. The normalized spacial score (nSPS) is 17.5. The molecule has 1 fully saturated rings. The van der Waals surface area contributed by atoms with Gasteiger partial charge in [-0.15, -0.1) is 0 Å². The second-order valence-corrected chi connectivity index (χ2v) is 8.41. The number of fused-ring (bicyclic) bond motifs is 1. The molecule has 0 aliphatic carbocycles. The molecule has 4 rings (SSSR count). The summed E-state index contributed by atoms with van der Waals surface area (Å²) in [5, 5.41) is 0. The number of nitrogens with one attached hydrogen (secondary N) is 2. The van der Waals surface area contributed by atoms with Crippen molar-refractivity contribution in [1.29, 1.82) is 0 Å². The zero-order chi connectivity index (χ0) is 19.0. The number of imidazole rings is 1. The Bertz CT molecular complexity index is 1060. The molecule has 7 nitrogen and oxygen atoms in total. The maximum atomic E-state index is 13.0. The third kappa shape index (κ3) is 3.22. The molecule has 27 heavy (non-hydrogen) atoms. The van der Waals surface area contributed by atoms with Crippen LogP contribution in [0.1, 0.15) is 35.1 Å². The molecule has 140 valence electrons. The van der Waals surface area contributed by atoms with E-state index in [1.54, 1.807) is 17.0 Å². The monoisotopic (exact) mass is 384 g/mol. The summed E-state index contributed by atoms with van der Waals surface area (Å²) in [6.07, 6.45) is 1.75. The molecule has 0 saturated carbocycles. The number of para-hydroxylation sites is 2. The predicted octanol–water partition coefficient (Wildman–Crippen LogP) is 2.45. The van der Waals surface area contributed by atoms with Crippen molar-refractivity contribution >= 4 is 27.0 Å². The Kier molecular flexibility index (Phi) is 4.45. The number of benzene rings is 2. The van der Waals surface area contributed by atoms with Crippen molar-refractivity contribution in [2.45, 2.75) is 23.8 Å². The minimum absolute atomic E-state index is 0.106. The highest BCUT2D eigenvalue weighted by molar-refractivity contribution is 7.89. The van der Waals surface area contributed by atoms with Gasteiger partial charge in [0, 0.05) is 12.1 Å². The molecule has 2 heterocycles. The van der Waals surface area contributed by atoms with Gasteiger partial charge in [0.15, 0.2) is 0 Å². The SMILES string of the molecule is CNS(=O)(=O)c1ccc(C(=O)N2CCCC2c2nc3ccccc3[nH]2)cc1. The first-order valence-electron chi connectivity index (χ1n) is 8.79. The molecule has 8 heteroatoms. The van der Waals surface area contributed by atoms with Crippen molar-refractivity contribution in [2.24, 2.45) is 0 Å². The molecule has 1 aliphatic rings. The van der Waals surface area contributed by atoms with Gasteiger partial charge >= 0.3 is 0 Å². The topological polar surface area (TPSA) is 95.2 Å². The number of amides is 1. The maximum absolute atomic E-state index is 13.0. The smallest absolute Gasteiger partial charge is 0.254 e. The Morgan fingerprint density at radius 3 is 2.63 bits per heavy atom. The van der Waals surface area contributed by atoms with Crippen LogP contribution in [0.2, 0.25) is 0 Å². The van der Waals surface area contributed by atoms with Crippen LogP contribution in [0.3, 0.4) is 0 Å². The lowest BCUT2D eigenvalue weighted by Gasteiger charge is -2.23. The Hall–Kier alpha value is -2.71. The van der Waals surface area contributed by atoms with Crippen LogP contribution in [-0.4, -0.2) is 42.8 Å². The molecule has 0 radical (unpaired) electrons. The number of hydrogen-bond acceptors (Lipinski definition) is 4. The summed E-state index contributed by atoms with van der Waals surface area (Å²) in [7, 11) is -2.16. The molecular formula is C19H20N4O3S. The van der Waals surface area contributed by atoms with Crippen molar-refractivity contribution in [3.8, 4) is 0 Å². The van der Waals surface area contributed by atoms with Crippen LogP contribution >= 0.6 is 0 Å². The number of nitrogens with zero attached hydrogens (tertiary/aromatic N) is 2. The molecule has 1 aliphatic heterocycles. The summed E-state index contributed by atoms with van der Waals surface area (Å²) in [5.74, 6) is 0.669. The van der Waals surface area contributed by atoms with Crippen LogP contribution in [0, 0.1) is 0 Å². The van der Waals surface area contributed by atoms with Gasteiger partial charge in [0.25, 0.3) is 5.91 Å². The summed E-state index contributed by atoms with van der Waals surface area (Å²) in [6, 6.07) is 13.7. The third-order valence-electron chi connectivity index (χ3n) is 4.92. The quantitative estimate of drug-likeness (QED) is 0.722. The molecule has 3 aromatic rings. The number of carbonyl (C=O) groups is 1. The van der Waals surface area contributed by atoms with Crippen LogP contribution in [0.15, 0.2) is 53.4 Å². The summed E-state index contributed by atoms with van der Waals surface area (Å²) >= 11 is 0. The summed E-state index contributed by atoms with van der Waals surface area (Å²) < 4.78 is 26.0. The minimum atomic E-state index is -3.52. The van der Waals surface area contributed by atoms with Crippen molar-refractivity contribution in [1.82, 2.24) is 19.6 Å². The first-order valence-corrected chi connectivity index (χ1v) is 10.3. The Morgan fingerprint density at radius 2 is 1.93 bits per heavy atom. The molecule has 1 saturated heterocycles.